The molecule has 3 N–H and O–H groups in total. The number of primary amides is 1. The summed E-state index contributed by atoms with van der Waals surface area (Å²) in [5.74, 6) is -0.311. The number of amides is 1. The number of nitrogens with zero attached hydrogens (tertiary/aromatic N) is 1. The Morgan fingerprint density at radius 1 is 1.14 bits per heavy atom. The molecule has 0 saturated heterocycles. The third kappa shape index (κ3) is 4.01. The van der Waals surface area contributed by atoms with Gasteiger partial charge in [0.05, 0.1) is 12.5 Å². The van der Waals surface area contributed by atoms with E-state index in [4.69, 9.17) is 5.73 Å². The first-order valence-electron chi connectivity index (χ1n) is 7.37. The van der Waals surface area contributed by atoms with Crippen LogP contribution in [-0.2, 0) is 11.2 Å². The molecule has 1 amide bonds. The number of rotatable bonds is 6. The van der Waals surface area contributed by atoms with E-state index < -0.39 is 0 Å². The summed E-state index contributed by atoms with van der Waals surface area (Å²) in [6, 6.07) is 16.3. The summed E-state index contributed by atoms with van der Waals surface area (Å²) < 4.78 is 0. The fourth-order valence-electron chi connectivity index (χ4n) is 2.51. The van der Waals surface area contributed by atoms with E-state index in [1.54, 1.807) is 0 Å². The molecule has 4 heteroatoms. The molecule has 22 heavy (non-hydrogen) atoms. The average molecular weight is 297 g/mol. The molecule has 0 aliphatic heterocycles. The molecule has 2 rings (SSSR count). The van der Waals surface area contributed by atoms with E-state index in [9.17, 15) is 4.79 Å². The van der Waals surface area contributed by atoms with Crippen LogP contribution >= 0.6 is 0 Å². The predicted octanol–water partition coefficient (Wildman–Crippen LogP) is 2.95. The average Bonchev–Trinajstić information content (AvgIpc) is 2.48. The minimum atomic E-state index is -0.311. The summed E-state index contributed by atoms with van der Waals surface area (Å²) in [4.78, 5) is 13.0. The third-order valence-corrected chi connectivity index (χ3v) is 3.60. The molecule has 0 saturated carbocycles. The molecule has 0 heterocycles. The Morgan fingerprint density at radius 3 is 2.36 bits per heavy atom. The van der Waals surface area contributed by atoms with E-state index in [0.29, 0.717) is 0 Å². The summed E-state index contributed by atoms with van der Waals surface area (Å²) in [6.45, 7) is 2.14. The third-order valence-electron chi connectivity index (χ3n) is 3.60. The van der Waals surface area contributed by atoms with Crippen LogP contribution < -0.4 is 16.0 Å². The van der Waals surface area contributed by atoms with Crippen molar-refractivity contribution in [1.82, 2.24) is 0 Å². The number of nitrogens with one attached hydrogen (secondary N) is 1. The quantitative estimate of drug-likeness (QED) is 0.862. The molecule has 0 unspecified atom stereocenters. The SMILES string of the molecule is C[C@H](Nc1ccc(CC(N)=O)cc1)c1ccccc1N(C)C. The van der Waals surface area contributed by atoms with Gasteiger partial charge in [0.25, 0.3) is 0 Å². The van der Waals surface area contributed by atoms with Crippen LogP contribution in [0.25, 0.3) is 0 Å². The molecule has 0 radical (unpaired) electrons. The van der Waals surface area contributed by atoms with Crippen LogP contribution in [0.1, 0.15) is 24.1 Å². The molecule has 116 valence electrons. The molecular weight excluding hydrogens is 274 g/mol. The van der Waals surface area contributed by atoms with Gasteiger partial charge in [-0.05, 0) is 36.2 Å². The fourth-order valence-corrected chi connectivity index (χ4v) is 2.51. The van der Waals surface area contributed by atoms with E-state index in [0.717, 1.165) is 11.3 Å². The van der Waals surface area contributed by atoms with Gasteiger partial charge in [-0.3, -0.25) is 4.79 Å². The Balaban J connectivity index is 2.12. The number of benzene rings is 2. The number of hydrogen-bond donors (Lipinski definition) is 2. The number of carbonyl (C=O) groups excluding carboxylic acids is 1. The Kier molecular flexibility index (Phi) is 5.04. The van der Waals surface area contributed by atoms with Crippen molar-refractivity contribution in [2.45, 2.75) is 19.4 Å². The van der Waals surface area contributed by atoms with Crippen LogP contribution in [0, 0.1) is 0 Å². The van der Waals surface area contributed by atoms with E-state index in [2.05, 4.69) is 35.3 Å². The molecule has 0 aliphatic rings. The summed E-state index contributed by atoms with van der Waals surface area (Å²) >= 11 is 0. The van der Waals surface area contributed by atoms with Crippen molar-refractivity contribution in [3.8, 4) is 0 Å². The molecule has 0 aromatic heterocycles. The monoisotopic (exact) mass is 297 g/mol. The lowest BCUT2D eigenvalue weighted by Gasteiger charge is -2.23. The Labute approximate surface area is 131 Å². The lowest BCUT2D eigenvalue weighted by atomic mass is 10.0. The van der Waals surface area contributed by atoms with Crippen molar-refractivity contribution in [3.05, 3.63) is 59.7 Å². The Morgan fingerprint density at radius 2 is 1.77 bits per heavy atom. The Hall–Kier alpha value is -2.49. The second kappa shape index (κ2) is 6.98. The van der Waals surface area contributed by atoms with Crippen molar-refractivity contribution in [2.75, 3.05) is 24.3 Å². The summed E-state index contributed by atoms with van der Waals surface area (Å²) in [5, 5.41) is 3.49. The van der Waals surface area contributed by atoms with Crippen LogP contribution in [0.5, 0.6) is 0 Å². The molecule has 2 aromatic carbocycles. The van der Waals surface area contributed by atoms with Crippen LogP contribution in [-0.4, -0.2) is 20.0 Å². The lowest BCUT2D eigenvalue weighted by Crippen LogP contribution is -2.15. The van der Waals surface area contributed by atoms with Crippen LogP contribution in [0.4, 0.5) is 11.4 Å². The zero-order valence-electron chi connectivity index (χ0n) is 13.3. The van der Waals surface area contributed by atoms with Gasteiger partial charge in [0, 0.05) is 25.5 Å². The first-order valence-corrected chi connectivity index (χ1v) is 7.37. The van der Waals surface area contributed by atoms with Crippen molar-refractivity contribution in [2.24, 2.45) is 5.73 Å². The zero-order valence-corrected chi connectivity index (χ0v) is 13.3. The fraction of sp³-hybridized carbons (Fsp3) is 0.278. The molecular formula is C18H23N3O. The number of anilines is 2. The van der Waals surface area contributed by atoms with Gasteiger partial charge < -0.3 is 16.0 Å². The smallest absolute Gasteiger partial charge is 0.221 e. The molecule has 1 atom stereocenters. The van der Waals surface area contributed by atoms with Gasteiger partial charge in [0.2, 0.25) is 5.91 Å². The van der Waals surface area contributed by atoms with Crippen molar-refractivity contribution >= 4 is 17.3 Å². The second-order valence-corrected chi connectivity index (χ2v) is 5.66. The van der Waals surface area contributed by atoms with Gasteiger partial charge in [-0.15, -0.1) is 0 Å². The van der Waals surface area contributed by atoms with E-state index >= 15 is 0 Å². The minimum Gasteiger partial charge on any atom is -0.378 e. The Bertz CT molecular complexity index is 635. The van der Waals surface area contributed by atoms with E-state index in [-0.39, 0.29) is 18.4 Å². The molecule has 0 bridgehead atoms. The molecule has 0 spiro atoms. The maximum Gasteiger partial charge on any atom is 0.221 e. The summed E-state index contributed by atoms with van der Waals surface area (Å²) in [6.07, 6.45) is 0.277. The number of para-hydroxylation sites is 1. The van der Waals surface area contributed by atoms with Crippen molar-refractivity contribution in [3.63, 3.8) is 0 Å². The van der Waals surface area contributed by atoms with Gasteiger partial charge in [-0.1, -0.05) is 30.3 Å². The van der Waals surface area contributed by atoms with Gasteiger partial charge in [-0.25, -0.2) is 0 Å². The van der Waals surface area contributed by atoms with Crippen LogP contribution in [0.2, 0.25) is 0 Å². The number of hydrogen-bond acceptors (Lipinski definition) is 3. The maximum absolute atomic E-state index is 10.9. The highest BCUT2D eigenvalue weighted by atomic mass is 16.1. The zero-order chi connectivity index (χ0) is 16.1. The summed E-state index contributed by atoms with van der Waals surface area (Å²) in [5.41, 5.74) is 9.60. The topological polar surface area (TPSA) is 58.4 Å². The highest BCUT2D eigenvalue weighted by Crippen LogP contribution is 2.27. The standard InChI is InChI=1S/C18H23N3O/c1-13(16-6-4-5-7-17(16)21(2)3)20-15-10-8-14(9-11-15)12-18(19)22/h4-11,13,20H,12H2,1-3H3,(H2,19,22)/t13-/m0/s1. The predicted molar refractivity (Wildman–Crippen MR) is 92.1 cm³/mol. The summed E-state index contributed by atoms with van der Waals surface area (Å²) in [7, 11) is 4.09. The lowest BCUT2D eigenvalue weighted by molar-refractivity contribution is -0.117. The molecule has 4 nitrogen and oxygen atoms in total. The molecule has 2 aromatic rings. The highest BCUT2D eigenvalue weighted by Gasteiger charge is 2.11. The largest absolute Gasteiger partial charge is 0.378 e. The van der Waals surface area contributed by atoms with Gasteiger partial charge in [-0.2, -0.15) is 0 Å². The number of carbonyl (C=O) groups is 1. The molecule has 0 fully saturated rings. The first-order chi connectivity index (χ1) is 10.5. The first kappa shape index (κ1) is 15.9. The molecule has 0 aliphatic carbocycles. The van der Waals surface area contributed by atoms with E-state index in [1.165, 1.54) is 11.3 Å². The van der Waals surface area contributed by atoms with Crippen LogP contribution in [0.15, 0.2) is 48.5 Å². The number of nitrogens with two attached hydrogens (primary N) is 1. The van der Waals surface area contributed by atoms with Gasteiger partial charge in [0.15, 0.2) is 0 Å². The van der Waals surface area contributed by atoms with Crippen molar-refractivity contribution < 1.29 is 4.79 Å². The van der Waals surface area contributed by atoms with Gasteiger partial charge >= 0.3 is 0 Å². The van der Waals surface area contributed by atoms with E-state index in [1.807, 2.05) is 44.4 Å². The second-order valence-electron chi connectivity index (χ2n) is 5.66. The minimum absolute atomic E-state index is 0.181. The van der Waals surface area contributed by atoms with Gasteiger partial charge in [0.1, 0.15) is 0 Å². The normalized spacial score (nSPS) is 11.8. The van der Waals surface area contributed by atoms with Crippen molar-refractivity contribution in [1.29, 1.82) is 0 Å². The van der Waals surface area contributed by atoms with Crippen LogP contribution in [0.3, 0.4) is 0 Å². The highest BCUT2D eigenvalue weighted by molar-refractivity contribution is 5.76. The maximum atomic E-state index is 10.9.